The van der Waals surface area contributed by atoms with Gasteiger partial charge < -0.3 is 9.84 Å². The molecule has 0 unspecified atom stereocenters. The van der Waals surface area contributed by atoms with Gasteiger partial charge in [0, 0.05) is 0 Å². The summed E-state index contributed by atoms with van der Waals surface area (Å²) in [5, 5.41) is 8.95. The molecule has 1 rings (SSSR count). The van der Waals surface area contributed by atoms with E-state index in [1.807, 2.05) is 0 Å². The number of aromatic hydroxyl groups is 1. The average Bonchev–Trinajstić information content (AvgIpc) is 2.05. The molecular weight excluding hydrogens is 223 g/mol. The van der Waals surface area contributed by atoms with E-state index in [0.29, 0.717) is 18.2 Å². The summed E-state index contributed by atoms with van der Waals surface area (Å²) >= 11 is 0. The van der Waals surface area contributed by atoms with Crippen LogP contribution in [0.1, 0.15) is 5.56 Å². The number of hydrogen-bond donors (Lipinski definition) is 1. The van der Waals surface area contributed by atoms with E-state index in [4.69, 9.17) is 5.11 Å². The molecule has 0 saturated carbocycles. The molecule has 0 radical (unpaired) electrons. The van der Waals surface area contributed by atoms with Gasteiger partial charge in [-0.1, -0.05) is 0 Å². The number of halogens is 5. The third-order valence-electron chi connectivity index (χ3n) is 1.50. The van der Waals surface area contributed by atoms with Crippen molar-refractivity contribution in [3.63, 3.8) is 0 Å². The van der Waals surface area contributed by atoms with Gasteiger partial charge in [-0.05, 0) is 18.2 Å². The monoisotopic (exact) mass is 228 g/mol. The zero-order valence-electron chi connectivity index (χ0n) is 7.05. The highest BCUT2D eigenvalue weighted by Crippen LogP contribution is 2.35. The zero-order valence-corrected chi connectivity index (χ0v) is 7.05. The fourth-order valence-electron chi connectivity index (χ4n) is 0.889. The van der Waals surface area contributed by atoms with Crippen LogP contribution >= 0.6 is 0 Å². The van der Waals surface area contributed by atoms with E-state index < -0.39 is 29.9 Å². The fraction of sp³-hybridized carbons (Fsp3) is 0.250. The molecule has 0 aliphatic carbocycles. The standard InChI is InChI=1S/C8H5F5O2/c9-7(10)15-6-2-1-4(3-5(6)14)8(11,12)13/h1-3,7,14H. The van der Waals surface area contributed by atoms with Crippen LogP contribution in [0.15, 0.2) is 18.2 Å². The summed E-state index contributed by atoms with van der Waals surface area (Å²) in [6, 6.07) is 1.49. The topological polar surface area (TPSA) is 29.5 Å². The maximum absolute atomic E-state index is 12.1. The Morgan fingerprint density at radius 2 is 1.80 bits per heavy atom. The molecule has 1 aromatic rings. The average molecular weight is 228 g/mol. The van der Waals surface area contributed by atoms with Crippen molar-refractivity contribution in [1.82, 2.24) is 0 Å². The summed E-state index contributed by atoms with van der Waals surface area (Å²) in [4.78, 5) is 0. The molecule has 0 aliphatic rings. The van der Waals surface area contributed by atoms with Crippen LogP contribution < -0.4 is 4.74 Å². The minimum Gasteiger partial charge on any atom is -0.504 e. The van der Waals surface area contributed by atoms with Crippen LogP contribution in [0.2, 0.25) is 0 Å². The van der Waals surface area contributed by atoms with E-state index in [0.717, 1.165) is 0 Å². The number of alkyl halides is 5. The third-order valence-corrected chi connectivity index (χ3v) is 1.50. The van der Waals surface area contributed by atoms with Crippen LogP contribution in [-0.2, 0) is 6.18 Å². The summed E-state index contributed by atoms with van der Waals surface area (Å²) < 4.78 is 63.3. The van der Waals surface area contributed by atoms with E-state index in [1.165, 1.54) is 0 Å². The Bertz CT molecular complexity index is 347. The van der Waals surface area contributed by atoms with Crippen LogP contribution in [0.25, 0.3) is 0 Å². The summed E-state index contributed by atoms with van der Waals surface area (Å²) in [7, 11) is 0. The number of rotatable bonds is 2. The Hall–Kier alpha value is -1.53. The molecule has 15 heavy (non-hydrogen) atoms. The van der Waals surface area contributed by atoms with Gasteiger partial charge in [0.25, 0.3) is 0 Å². The van der Waals surface area contributed by atoms with Crippen molar-refractivity contribution in [2.24, 2.45) is 0 Å². The van der Waals surface area contributed by atoms with Crippen molar-refractivity contribution in [3.05, 3.63) is 23.8 Å². The minimum absolute atomic E-state index is 0.317. The predicted molar refractivity (Wildman–Crippen MR) is 39.7 cm³/mol. The molecule has 0 fully saturated rings. The Morgan fingerprint density at radius 3 is 2.20 bits per heavy atom. The quantitative estimate of drug-likeness (QED) is 0.788. The lowest BCUT2D eigenvalue weighted by atomic mass is 10.2. The summed E-state index contributed by atoms with van der Waals surface area (Å²) in [5.74, 6) is -1.68. The smallest absolute Gasteiger partial charge is 0.416 e. The van der Waals surface area contributed by atoms with Gasteiger partial charge in [0.2, 0.25) is 0 Å². The molecule has 1 aromatic carbocycles. The van der Waals surface area contributed by atoms with Crippen molar-refractivity contribution in [3.8, 4) is 11.5 Å². The zero-order chi connectivity index (χ0) is 11.6. The van der Waals surface area contributed by atoms with Crippen molar-refractivity contribution >= 4 is 0 Å². The highest BCUT2D eigenvalue weighted by Gasteiger charge is 2.31. The second-order valence-electron chi connectivity index (χ2n) is 2.56. The molecule has 0 saturated heterocycles. The molecule has 1 N–H and O–H groups in total. The molecule has 0 atom stereocenters. The second kappa shape index (κ2) is 3.92. The first kappa shape index (κ1) is 11.5. The first-order valence-electron chi connectivity index (χ1n) is 3.65. The van der Waals surface area contributed by atoms with Gasteiger partial charge in [-0.25, -0.2) is 0 Å². The van der Waals surface area contributed by atoms with E-state index in [2.05, 4.69) is 4.74 Å². The fourth-order valence-corrected chi connectivity index (χ4v) is 0.889. The SMILES string of the molecule is Oc1cc(C(F)(F)F)ccc1OC(F)F. The Morgan fingerprint density at radius 1 is 1.20 bits per heavy atom. The maximum atomic E-state index is 12.1. The maximum Gasteiger partial charge on any atom is 0.416 e. The van der Waals surface area contributed by atoms with Crippen molar-refractivity contribution in [2.45, 2.75) is 12.8 Å². The van der Waals surface area contributed by atoms with Crippen molar-refractivity contribution in [2.75, 3.05) is 0 Å². The van der Waals surface area contributed by atoms with Crippen molar-refractivity contribution < 1.29 is 31.8 Å². The first-order valence-corrected chi connectivity index (χ1v) is 3.65. The van der Waals surface area contributed by atoms with Gasteiger partial charge in [0.1, 0.15) is 0 Å². The van der Waals surface area contributed by atoms with Crippen molar-refractivity contribution in [1.29, 1.82) is 0 Å². The first-order chi connectivity index (χ1) is 6.80. The Kier molecular flexibility index (Phi) is 3.01. The third kappa shape index (κ3) is 2.97. The number of benzene rings is 1. The van der Waals surface area contributed by atoms with Gasteiger partial charge in [-0.15, -0.1) is 0 Å². The van der Waals surface area contributed by atoms with E-state index in [-0.39, 0.29) is 0 Å². The number of ether oxygens (including phenoxy) is 1. The van der Waals surface area contributed by atoms with Gasteiger partial charge >= 0.3 is 12.8 Å². The van der Waals surface area contributed by atoms with Crippen LogP contribution in [0.5, 0.6) is 11.5 Å². The van der Waals surface area contributed by atoms with Crippen LogP contribution in [-0.4, -0.2) is 11.7 Å². The number of phenolic OH excluding ortho intramolecular Hbond substituents is 1. The molecule has 0 aliphatic heterocycles. The summed E-state index contributed by atoms with van der Waals surface area (Å²) in [6.07, 6.45) is -4.64. The largest absolute Gasteiger partial charge is 0.504 e. The lowest BCUT2D eigenvalue weighted by Gasteiger charge is -2.10. The number of hydrogen-bond acceptors (Lipinski definition) is 2. The van der Waals surface area contributed by atoms with Crippen LogP contribution in [0, 0.1) is 0 Å². The lowest BCUT2D eigenvalue weighted by Crippen LogP contribution is -2.06. The van der Waals surface area contributed by atoms with Gasteiger partial charge in [-0.3, -0.25) is 0 Å². The molecule has 0 heterocycles. The minimum atomic E-state index is -4.64. The van der Waals surface area contributed by atoms with Crippen LogP contribution in [0.4, 0.5) is 22.0 Å². The Labute approximate surface area is 80.9 Å². The predicted octanol–water partition coefficient (Wildman–Crippen LogP) is 3.01. The molecule has 84 valence electrons. The lowest BCUT2D eigenvalue weighted by molar-refractivity contribution is -0.137. The molecule has 0 aromatic heterocycles. The molecular formula is C8H5F5O2. The highest BCUT2D eigenvalue weighted by molar-refractivity contribution is 5.42. The normalized spacial score (nSPS) is 11.9. The Balaban J connectivity index is 2.98. The molecule has 0 bridgehead atoms. The summed E-state index contributed by atoms with van der Waals surface area (Å²) in [6.45, 7) is -3.20. The number of phenols is 1. The molecule has 2 nitrogen and oxygen atoms in total. The molecule has 7 heteroatoms. The van der Waals surface area contributed by atoms with Crippen LogP contribution in [0.3, 0.4) is 0 Å². The van der Waals surface area contributed by atoms with E-state index >= 15 is 0 Å². The van der Waals surface area contributed by atoms with E-state index in [1.54, 1.807) is 0 Å². The summed E-state index contributed by atoms with van der Waals surface area (Å²) in [5.41, 5.74) is -1.14. The second-order valence-corrected chi connectivity index (χ2v) is 2.56. The molecule has 0 amide bonds. The van der Waals surface area contributed by atoms with Gasteiger partial charge in [0.15, 0.2) is 11.5 Å². The highest BCUT2D eigenvalue weighted by atomic mass is 19.4. The van der Waals surface area contributed by atoms with Gasteiger partial charge in [0.05, 0.1) is 5.56 Å². The molecule has 0 spiro atoms. The van der Waals surface area contributed by atoms with Gasteiger partial charge in [-0.2, -0.15) is 22.0 Å². The van der Waals surface area contributed by atoms with E-state index in [9.17, 15) is 22.0 Å².